The summed E-state index contributed by atoms with van der Waals surface area (Å²) in [4.78, 5) is 2.51. The Morgan fingerprint density at radius 3 is 2.50 bits per heavy atom. The second kappa shape index (κ2) is 7.87. The number of β-amino-alcohol motifs (C(OH)–C–C–N with tert-alkyl or cyclic N) is 1. The Kier molecular flexibility index (Phi) is 5.53. The molecular weight excluding hydrogens is 326 g/mol. The minimum atomic E-state index is -0.520. The molecule has 0 spiro atoms. The molecule has 3 N–H and O–H groups in total. The molecule has 4 heteroatoms. The number of nitrogens with zero attached hydrogens (tertiary/aromatic N) is 1. The fraction of sp³-hybridized carbons (Fsp3) is 0.727. The highest BCUT2D eigenvalue weighted by Crippen LogP contribution is 2.46. The van der Waals surface area contributed by atoms with E-state index in [1.54, 1.807) is 12.1 Å². The van der Waals surface area contributed by atoms with Crippen molar-refractivity contribution in [3.05, 3.63) is 29.8 Å². The van der Waals surface area contributed by atoms with Gasteiger partial charge in [-0.2, -0.15) is 0 Å². The summed E-state index contributed by atoms with van der Waals surface area (Å²) in [5.74, 6) is 2.24. The molecule has 4 nitrogen and oxygen atoms in total. The molecule has 0 amide bonds. The molecule has 1 heterocycles. The van der Waals surface area contributed by atoms with Crippen molar-refractivity contribution in [3.8, 4) is 5.75 Å². The molecule has 144 valence electrons. The zero-order valence-electron chi connectivity index (χ0n) is 15.6. The Labute approximate surface area is 156 Å². The lowest BCUT2D eigenvalue weighted by Gasteiger charge is -2.34. The highest BCUT2D eigenvalue weighted by atomic mass is 16.3. The minimum Gasteiger partial charge on any atom is -0.508 e. The maximum absolute atomic E-state index is 10.7. The van der Waals surface area contributed by atoms with Crippen LogP contribution in [0.1, 0.15) is 63.0 Å². The summed E-state index contributed by atoms with van der Waals surface area (Å²) in [5, 5.41) is 30.3. The van der Waals surface area contributed by atoms with Crippen LogP contribution in [0.2, 0.25) is 0 Å². The third kappa shape index (κ3) is 3.92. The van der Waals surface area contributed by atoms with E-state index < -0.39 is 6.10 Å². The number of rotatable bonds is 5. The lowest BCUT2D eigenvalue weighted by atomic mass is 9.81. The van der Waals surface area contributed by atoms with Crippen molar-refractivity contribution >= 4 is 0 Å². The van der Waals surface area contributed by atoms with E-state index in [9.17, 15) is 15.3 Å². The van der Waals surface area contributed by atoms with Crippen LogP contribution >= 0.6 is 0 Å². The molecule has 1 saturated heterocycles. The van der Waals surface area contributed by atoms with E-state index in [1.165, 1.54) is 38.5 Å². The van der Waals surface area contributed by atoms with Crippen molar-refractivity contribution in [1.82, 2.24) is 4.90 Å². The number of phenols is 1. The highest BCUT2D eigenvalue weighted by Gasteiger charge is 2.47. The Morgan fingerprint density at radius 1 is 1.04 bits per heavy atom. The van der Waals surface area contributed by atoms with Crippen LogP contribution < -0.4 is 0 Å². The number of aliphatic hydroxyl groups is 2. The molecule has 2 saturated carbocycles. The van der Waals surface area contributed by atoms with Crippen molar-refractivity contribution in [2.45, 2.75) is 69.6 Å². The van der Waals surface area contributed by atoms with Gasteiger partial charge in [-0.05, 0) is 54.7 Å². The van der Waals surface area contributed by atoms with E-state index in [0.717, 1.165) is 30.9 Å². The van der Waals surface area contributed by atoms with Gasteiger partial charge in [0.15, 0.2) is 0 Å². The van der Waals surface area contributed by atoms with Crippen molar-refractivity contribution in [2.24, 2.45) is 17.8 Å². The summed E-state index contributed by atoms with van der Waals surface area (Å²) < 4.78 is 0. The Morgan fingerprint density at radius 2 is 1.77 bits per heavy atom. The first-order valence-corrected chi connectivity index (χ1v) is 10.5. The molecule has 4 rings (SSSR count). The van der Waals surface area contributed by atoms with Crippen molar-refractivity contribution in [1.29, 1.82) is 0 Å². The standard InChI is InChI=1S/C22H33NO3/c24-18-8-6-16(7-9-18)22(26)14-23-13-17-11-19(25)12-20(17)21(23)10-15-4-2-1-3-5-15/h6-9,15,17,19-22,24-26H,1-5,10-14H2. The normalized spacial score (nSPS) is 34.1. The van der Waals surface area contributed by atoms with E-state index in [4.69, 9.17) is 0 Å². The van der Waals surface area contributed by atoms with Gasteiger partial charge in [0.1, 0.15) is 5.75 Å². The summed E-state index contributed by atoms with van der Waals surface area (Å²) in [6, 6.07) is 7.43. The largest absolute Gasteiger partial charge is 0.508 e. The molecule has 0 aromatic heterocycles. The summed E-state index contributed by atoms with van der Waals surface area (Å²) >= 11 is 0. The molecule has 5 atom stereocenters. The van der Waals surface area contributed by atoms with Gasteiger partial charge in [-0.3, -0.25) is 4.90 Å². The lowest BCUT2D eigenvalue weighted by molar-refractivity contribution is 0.0768. The first-order valence-electron chi connectivity index (χ1n) is 10.5. The second-order valence-corrected chi connectivity index (χ2v) is 8.92. The van der Waals surface area contributed by atoms with Crippen molar-refractivity contribution in [3.63, 3.8) is 0 Å². The molecular formula is C22H33NO3. The van der Waals surface area contributed by atoms with E-state index in [0.29, 0.717) is 24.4 Å². The van der Waals surface area contributed by atoms with Gasteiger partial charge >= 0.3 is 0 Å². The summed E-state index contributed by atoms with van der Waals surface area (Å²) in [5.41, 5.74) is 0.872. The molecule has 3 aliphatic rings. The Bertz CT molecular complexity index is 584. The predicted octanol–water partition coefficient (Wildman–Crippen LogP) is 3.47. The number of aromatic hydroxyl groups is 1. The van der Waals surface area contributed by atoms with E-state index in [2.05, 4.69) is 4.90 Å². The fourth-order valence-corrected chi connectivity index (χ4v) is 5.84. The van der Waals surface area contributed by atoms with E-state index in [-0.39, 0.29) is 11.9 Å². The van der Waals surface area contributed by atoms with Gasteiger partial charge in [-0.1, -0.05) is 44.2 Å². The van der Waals surface area contributed by atoms with Crippen LogP contribution in [-0.2, 0) is 0 Å². The third-order valence-corrected chi connectivity index (χ3v) is 7.14. The van der Waals surface area contributed by atoms with E-state index in [1.807, 2.05) is 12.1 Å². The van der Waals surface area contributed by atoms with Crippen LogP contribution in [0, 0.1) is 17.8 Å². The molecule has 1 aliphatic heterocycles. The Balaban J connectivity index is 1.45. The van der Waals surface area contributed by atoms with Gasteiger partial charge in [0.2, 0.25) is 0 Å². The molecule has 1 aromatic rings. The van der Waals surface area contributed by atoms with Crippen molar-refractivity contribution in [2.75, 3.05) is 13.1 Å². The predicted molar refractivity (Wildman–Crippen MR) is 102 cm³/mol. The van der Waals surface area contributed by atoms with Gasteiger partial charge in [0.05, 0.1) is 12.2 Å². The maximum atomic E-state index is 10.7. The van der Waals surface area contributed by atoms with Crippen LogP contribution in [0.4, 0.5) is 0 Å². The average Bonchev–Trinajstić information content (AvgIpc) is 3.13. The quantitative estimate of drug-likeness (QED) is 0.753. The average molecular weight is 360 g/mol. The van der Waals surface area contributed by atoms with Gasteiger partial charge in [-0.15, -0.1) is 0 Å². The number of hydrogen-bond acceptors (Lipinski definition) is 4. The molecule has 0 bridgehead atoms. The molecule has 2 aliphatic carbocycles. The molecule has 0 radical (unpaired) electrons. The smallest absolute Gasteiger partial charge is 0.115 e. The monoisotopic (exact) mass is 359 g/mol. The first kappa shape index (κ1) is 18.3. The molecule has 26 heavy (non-hydrogen) atoms. The summed E-state index contributed by atoms with van der Waals surface area (Å²) in [6.45, 7) is 1.67. The van der Waals surface area contributed by atoms with Gasteiger partial charge in [0.25, 0.3) is 0 Å². The number of aliphatic hydroxyl groups excluding tert-OH is 2. The third-order valence-electron chi connectivity index (χ3n) is 7.14. The number of likely N-dealkylation sites (tertiary alicyclic amines) is 1. The maximum Gasteiger partial charge on any atom is 0.115 e. The van der Waals surface area contributed by atoms with Gasteiger partial charge in [0, 0.05) is 19.1 Å². The summed E-state index contributed by atoms with van der Waals surface area (Å²) in [6.07, 6.45) is 9.28. The molecule has 1 aromatic carbocycles. The van der Waals surface area contributed by atoms with Gasteiger partial charge < -0.3 is 15.3 Å². The minimum absolute atomic E-state index is 0.122. The number of phenolic OH excluding ortho intramolecular Hbond substituents is 1. The Hall–Kier alpha value is -1.10. The van der Waals surface area contributed by atoms with Crippen LogP contribution in [0.3, 0.4) is 0 Å². The van der Waals surface area contributed by atoms with E-state index >= 15 is 0 Å². The number of benzene rings is 1. The highest BCUT2D eigenvalue weighted by molar-refractivity contribution is 5.27. The number of hydrogen-bond donors (Lipinski definition) is 3. The van der Waals surface area contributed by atoms with Gasteiger partial charge in [-0.25, -0.2) is 0 Å². The van der Waals surface area contributed by atoms with Crippen LogP contribution in [0.5, 0.6) is 5.75 Å². The van der Waals surface area contributed by atoms with Crippen LogP contribution in [0.15, 0.2) is 24.3 Å². The zero-order valence-corrected chi connectivity index (χ0v) is 15.6. The topological polar surface area (TPSA) is 63.9 Å². The molecule has 5 unspecified atom stereocenters. The summed E-state index contributed by atoms with van der Waals surface area (Å²) in [7, 11) is 0. The lowest BCUT2D eigenvalue weighted by Crippen LogP contribution is -2.38. The molecule has 3 fully saturated rings. The zero-order chi connectivity index (χ0) is 18.1. The van der Waals surface area contributed by atoms with Crippen LogP contribution in [0.25, 0.3) is 0 Å². The first-order chi connectivity index (χ1) is 12.6. The fourth-order valence-electron chi connectivity index (χ4n) is 5.84. The second-order valence-electron chi connectivity index (χ2n) is 8.92. The number of fused-ring (bicyclic) bond motifs is 1. The van der Waals surface area contributed by atoms with Crippen molar-refractivity contribution < 1.29 is 15.3 Å². The van der Waals surface area contributed by atoms with Crippen LogP contribution in [-0.4, -0.2) is 45.5 Å². The SMILES string of the molecule is Oc1ccc(C(O)CN2CC3CC(O)CC3C2CC2CCCCC2)cc1.